The third-order valence-electron chi connectivity index (χ3n) is 4.63. The molecule has 2 aromatic heterocycles. The molecule has 0 aliphatic rings. The molecule has 2 heterocycles. The zero-order chi connectivity index (χ0) is 24.2. The van der Waals surface area contributed by atoms with E-state index < -0.39 is 23.1 Å². The SMILES string of the molecule is CC(C)CN(C(=O)CN(C)C(=O)c1ccc(=O)[nH]c1)c1c(N)n(CC(C)C)c(=O)[nH]c1=O. The van der Waals surface area contributed by atoms with Crippen LogP contribution in [0.25, 0.3) is 0 Å². The van der Waals surface area contributed by atoms with Crippen molar-refractivity contribution >= 4 is 23.3 Å². The maximum atomic E-state index is 13.2. The third-order valence-corrected chi connectivity index (χ3v) is 4.63. The normalized spacial score (nSPS) is 11.1. The van der Waals surface area contributed by atoms with Crippen LogP contribution in [0.15, 0.2) is 32.7 Å². The first-order chi connectivity index (χ1) is 14.9. The average Bonchev–Trinajstić information content (AvgIpc) is 2.69. The molecule has 0 radical (unpaired) electrons. The van der Waals surface area contributed by atoms with Crippen LogP contribution in [0.3, 0.4) is 0 Å². The third kappa shape index (κ3) is 5.74. The number of aromatic amines is 2. The topological polar surface area (TPSA) is 154 Å². The van der Waals surface area contributed by atoms with Crippen molar-refractivity contribution in [2.24, 2.45) is 11.8 Å². The number of carbonyl (C=O) groups is 2. The number of amides is 2. The first kappa shape index (κ1) is 24.6. The van der Waals surface area contributed by atoms with Crippen molar-refractivity contribution in [3.63, 3.8) is 0 Å². The Hall–Kier alpha value is -3.63. The van der Waals surface area contributed by atoms with Gasteiger partial charge in [-0.1, -0.05) is 27.7 Å². The Morgan fingerprint density at radius 2 is 1.75 bits per heavy atom. The van der Waals surface area contributed by atoms with E-state index in [2.05, 4.69) is 9.97 Å². The molecule has 11 heteroatoms. The Kier molecular flexibility index (Phi) is 7.79. The molecule has 174 valence electrons. The van der Waals surface area contributed by atoms with Gasteiger partial charge in [0.25, 0.3) is 11.5 Å². The highest BCUT2D eigenvalue weighted by Gasteiger charge is 2.27. The molecule has 0 aromatic carbocycles. The van der Waals surface area contributed by atoms with Gasteiger partial charge in [-0.15, -0.1) is 0 Å². The van der Waals surface area contributed by atoms with Crippen LogP contribution in [0.2, 0.25) is 0 Å². The average molecular weight is 447 g/mol. The lowest BCUT2D eigenvalue weighted by atomic mass is 10.2. The molecule has 0 spiro atoms. The number of nitrogen functional groups attached to an aromatic ring is 1. The standard InChI is InChI=1S/C21H30N6O5/c1-12(2)9-26(17-18(22)27(10-13(3)4)21(32)24-19(17)30)16(29)11-25(5)20(31)14-6-7-15(28)23-8-14/h6-8,12-13H,9-11,22H2,1-5H3,(H,23,28)(H,24,30,32). The second-order valence-corrected chi connectivity index (χ2v) is 8.50. The van der Waals surface area contributed by atoms with Crippen molar-refractivity contribution < 1.29 is 9.59 Å². The van der Waals surface area contributed by atoms with Crippen molar-refractivity contribution in [3.05, 3.63) is 55.1 Å². The van der Waals surface area contributed by atoms with Crippen LogP contribution in [0.5, 0.6) is 0 Å². The first-order valence-corrected chi connectivity index (χ1v) is 10.3. The molecule has 0 aliphatic heterocycles. The van der Waals surface area contributed by atoms with Crippen LogP contribution in [-0.2, 0) is 11.3 Å². The molecule has 0 aliphatic carbocycles. The van der Waals surface area contributed by atoms with Crippen molar-refractivity contribution in [3.8, 4) is 0 Å². The molecule has 0 atom stereocenters. The Labute approximate surface area is 184 Å². The molecular formula is C21H30N6O5. The summed E-state index contributed by atoms with van der Waals surface area (Å²) in [6.07, 6.45) is 1.27. The number of carbonyl (C=O) groups excluding carboxylic acids is 2. The van der Waals surface area contributed by atoms with E-state index in [1.807, 2.05) is 27.7 Å². The van der Waals surface area contributed by atoms with Gasteiger partial charge < -0.3 is 20.5 Å². The summed E-state index contributed by atoms with van der Waals surface area (Å²) < 4.78 is 1.23. The summed E-state index contributed by atoms with van der Waals surface area (Å²) >= 11 is 0. The van der Waals surface area contributed by atoms with E-state index in [9.17, 15) is 24.0 Å². The molecule has 2 rings (SSSR count). The van der Waals surface area contributed by atoms with Crippen LogP contribution in [0, 0.1) is 11.8 Å². The van der Waals surface area contributed by atoms with Gasteiger partial charge in [0.15, 0.2) is 5.69 Å². The van der Waals surface area contributed by atoms with Crippen LogP contribution in [0.4, 0.5) is 11.5 Å². The highest BCUT2D eigenvalue weighted by Crippen LogP contribution is 2.19. The van der Waals surface area contributed by atoms with E-state index in [1.165, 1.54) is 39.7 Å². The van der Waals surface area contributed by atoms with Crippen molar-refractivity contribution in [2.75, 3.05) is 30.8 Å². The number of nitrogens with zero attached hydrogens (tertiary/aromatic N) is 3. The molecular weight excluding hydrogens is 416 g/mol. The lowest BCUT2D eigenvalue weighted by molar-refractivity contribution is -0.119. The lowest BCUT2D eigenvalue weighted by Crippen LogP contribution is -2.47. The Bertz CT molecular complexity index is 1140. The minimum absolute atomic E-state index is 0.0246. The smallest absolute Gasteiger partial charge is 0.330 e. The second-order valence-electron chi connectivity index (χ2n) is 8.50. The fourth-order valence-corrected chi connectivity index (χ4v) is 3.19. The van der Waals surface area contributed by atoms with Crippen molar-refractivity contribution in [1.82, 2.24) is 19.4 Å². The van der Waals surface area contributed by atoms with Gasteiger partial charge in [-0.2, -0.15) is 0 Å². The number of anilines is 2. The second kappa shape index (κ2) is 10.1. The van der Waals surface area contributed by atoms with Gasteiger partial charge in [0, 0.05) is 32.4 Å². The molecule has 11 nitrogen and oxygen atoms in total. The summed E-state index contributed by atoms with van der Waals surface area (Å²) in [5.41, 5.74) is 4.50. The van der Waals surface area contributed by atoms with Crippen molar-refractivity contribution in [2.45, 2.75) is 34.2 Å². The summed E-state index contributed by atoms with van der Waals surface area (Å²) in [6, 6.07) is 2.57. The Morgan fingerprint density at radius 1 is 1.09 bits per heavy atom. The summed E-state index contributed by atoms with van der Waals surface area (Å²) in [4.78, 5) is 69.0. The number of aromatic nitrogens is 3. The summed E-state index contributed by atoms with van der Waals surface area (Å²) in [5, 5.41) is 0. The largest absolute Gasteiger partial charge is 0.383 e. The van der Waals surface area contributed by atoms with Crippen LogP contribution in [0.1, 0.15) is 38.1 Å². The van der Waals surface area contributed by atoms with Gasteiger partial charge in [0.2, 0.25) is 11.5 Å². The summed E-state index contributed by atoms with van der Waals surface area (Å²) in [5.74, 6) is -1.07. The maximum Gasteiger partial charge on any atom is 0.330 e. The highest BCUT2D eigenvalue weighted by molar-refractivity contribution is 6.01. The molecule has 0 saturated heterocycles. The Morgan fingerprint density at radius 3 is 2.28 bits per heavy atom. The minimum atomic E-state index is -0.767. The molecule has 32 heavy (non-hydrogen) atoms. The number of nitrogens with two attached hydrogens (primary N) is 1. The number of rotatable bonds is 8. The fraction of sp³-hybridized carbons (Fsp3) is 0.476. The van der Waals surface area contributed by atoms with Gasteiger partial charge in [-0.25, -0.2) is 4.79 Å². The summed E-state index contributed by atoms with van der Waals surface area (Å²) in [6.45, 7) is 7.60. The predicted octanol–water partition coefficient (Wildman–Crippen LogP) is 0.224. The lowest BCUT2D eigenvalue weighted by Gasteiger charge is -2.28. The van der Waals surface area contributed by atoms with E-state index >= 15 is 0 Å². The van der Waals surface area contributed by atoms with E-state index in [0.717, 1.165) is 0 Å². The van der Waals surface area contributed by atoms with E-state index in [4.69, 9.17) is 5.73 Å². The zero-order valence-electron chi connectivity index (χ0n) is 19.0. The molecule has 2 aromatic rings. The number of H-pyrrole nitrogens is 2. The molecule has 4 N–H and O–H groups in total. The summed E-state index contributed by atoms with van der Waals surface area (Å²) in [7, 11) is 1.44. The molecule has 2 amide bonds. The number of hydrogen-bond acceptors (Lipinski definition) is 6. The van der Waals surface area contributed by atoms with Crippen LogP contribution >= 0.6 is 0 Å². The zero-order valence-corrected chi connectivity index (χ0v) is 19.0. The van der Waals surface area contributed by atoms with Crippen LogP contribution in [-0.4, -0.2) is 51.4 Å². The number of nitrogens with one attached hydrogen (secondary N) is 2. The number of hydrogen-bond donors (Lipinski definition) is 3. The molecule has 0 unspecified atom stereocenters. The Balaban J connectivity index is 2.41. The molecule has 0 saturated carbocycles. The van der Waals surface area contributed by atoms with Gasteiger partial charge >= 0.3 is 5.69 Å². The molecule has 0 bridgehead atoms. The molecule has 0 fully saturated rings. The van der Waals surface area contributed by atoms with E-state index in [0.29, 0.717) is 0 Å². The monoisotopic (exact) mass is 446 g/mol. The fourth-order valence-electron chi connectivity index (χ4n) is 3.19. The van der Waals surface area contributed by atoms with E-state index in [-0.39, 0.29) is 54.1 Å². The minimum Gasteiger partial charge on any atom is -0.383 e. The first-order valence-electron chi connectivity index (χ1n) is 10.3. The van der Waals surface area contributed by atoms with Gasteiger partial charge in [-0.05, 0) is 17.9 Å². The number of pyridine rings is 1. The maximum absolute atomic E-state index is 13.2. The quantitative estimate of drug-likeness (QED) is 0.527. The van der Waals surface area contributed by atoms with Gasteiger partial charge in [0.1, 0.15) is 12.4 Å². The predicted molar refractivity (Wildman–Crippen MR) is 122 cm³/mol. The van der Waals surface area contributed by atoms with Crippen molar-refractivity contribution in [1.29, 1.82) is 0 Å². The van der Waals surface area contributed by atoms with E-state index in [1.54, 1.807) is 0 Å². The highest BCUT2D eigenvalue weighted by atomic mass is 16.2. The number of likely N-dealkylation sites (N-methyl/N-ethyl adjacent to an activating group) is 1. The van der Waals surface area contributed by atoms with Gasteiger partial charge in [0.05, 0.1) is 5.56 Å². The van der Waals surface area contributed by atoms with Gasteiger partial charge in [-0.3, -0.25) is 28.7 Å². The van der Waals surface area contributed by atoms with Crippen LogP contribution < -0.4 is 27.4 Å².